The quantitative estimate of drug-likeness (QED) is 0.729. The first kappa shape index (κ1) is 16.6. The summed E-state index contributed by atoms with van der Waals surface area (Å²) in [5.41, 5.74) is 1.15. The Morgan fingerprint density at radius 1 is 1.09 bits per heavy atom. The average Bonchev–Trinajstić information content (AvgIpc) is 3.07. The zero-order chi connectivity index (χ0) is 16.5. The standard InChI is InChI=1S/C17H21N3O3/c1-13(16(21)19-12-15-8-5-11-23-15)20-17(22)18-10-9-14-6-3-2-4-7-14/h2-8,11,13H,9-10,12H2,1H3,(H,19,21)(H2,18,20,22)/t13-/m0/s1. The largest absolute Gasteiger partial charge is 0.467 e. The number of benzene rings is 1. The molecule has 0 bridgehead atoms. The normalized spacial score (nSPS) is 11.5. The van der Waals surface area contributed by atoms with Crippen molar-refractivity contribution in [2.24, 2.45) is 0 Å². The monoisotopic (exact) mass is 315 g/mol. The van der Waals surface area contributed by atoms with Crippen molar-refractivity contribution in [2.45, 2.75) is 25.9 Å². The second-order valence-corrected chi connectivity index (χ2v) is 5.15. The molecule has 0 saturated carbocycles. The highest BCUT2D eigenvalue weighted by Crippen LogP contribution is 1.99. The highest BCUT2D eigenvalue weighted by atomic mass is 16.3. The summed E-state index contributed by atoms with van der Waals surface area (Å²) >= 11 is 0. The predicted molar refractivity (Wildman–Crippen MR) is 86.7 cm³/mol. The lowest BCUT2D eigenvalue weighted by molar-refractivity contribution is -0.122. The summed E-state index contributed by atoms with van der Waals surface area (Å²) in [6, 6.07) is 12.4. The Morgan fingerprint density at radius 2 is 1.87 bits per heavy atom. The summed E-state index contributed by atoms with van der Waals surface area (Å²) in [6.45, 7) is 2.44. The van der Waals surface area contributed by atoms with E-state index in [1.54, 1.807) is 25.3 Å². The van der Waals surface area contributed by atoms with Gasteiger partial charge in [-0.05, 0) is 31.0 Å². The van der Waals surface area contributed by atoms with Gasteiger partial charge < -0.3 is 20.4 Å². The second-order valence-electron chi connectivity index (χ2n) is 5.15. The molecule has 0 fully saturated rings. The fourth-order valence-electron chi connectivity index (χ4n) is 2.02. The Labute approximate surface area is 135 Å². The SMILES string of the molecule is C[C@H](NC(=O)NCCc1ccccc1)C(=O)NCc1ccco1. The maximum absolute atomic E-state index is 11.9. The van der Waals surface area contributed by atoms with Crippen LogP contribution in [0.15, 0.2) is 53.1 Å². The van der Waals surface area contributed by atoms with E-state index in [0.29, 0.717) is 18.8 Å². The van der Waals surface area contributed by atoms with E-state index < -0.39 is 6.04 Å². The Kier molecular flexibility index (Phi) is 6.23. The van der Waals surface area contributed by atoms with E-state index >= 15 is 0 Å². The predicted octanol–water partition coefficient (Wildman–Crippen LogP) is 1.83. The van der Waals surface area contributed by atoms with Gasteiger partial charge in [0.25, 0.3) is 0 Å². The van der Waals surface area contributed by atoms with Crippen LogP contribution in [0.1, 0.15) is 18.2 Å². The van der Waals surface area contributed by atoms with Crippen LogP contribution in [0.2, 0.25) is 0 Å². The molecule has 0 saturated heterocycles. The Hall–Kier alpha value is -2.76. The number of hydrogen-bond donors (Lipinski definition) is 3. The van der Waals surface area contributed by atoms with Gasteiger partial charge in [-0.25, -0.2) is 4.79 Å². The van der Waals surface area contributed by atoms with E-state index in [-0.39, 0.29) is 11.9 Å². The minimum Gasteiger partial charge on any atom is -0.467 e. The van der Waals surface area contributed by atoms with Gasteiger partial charge in [-0.3, -0.25) is 4.79 Å². The fourth-order valence-corrected chi connectivity index (χ4v) is 2.02. The minimum absolute atomic E-state index is 0.264. The molecule has 2 aromatic rings. The number of carbonyl (C=O) groups excluding carboxylic acids is 2. The van der Waals surface area contributed by atoms with Gasteiger partial charge in [0.2, 0.25) is 5.91 Å². The number of furan rings is 1. The molecule has 3 amide bonds. The van der Waals surface area contributed by atoms with Crippen molar-refractivity contribution in [3.63, 3.8) is 0 Å². The zero-order valence-electron chi connectivity index (χ0n) is 13.0. The molecule has 0 aliphatic rings. The first-order valence-electron chi connectivity index (χ1n) is 7.53. The molecule has 0 radical (unpaired) electrons. The third kappa shape index (κ3) is 5.86. The number of nitrogens with one attached hydrogen (secondary N) is 3. The van der Waals surface area contributed by atoms with Crippen molar-refractivity contribution in [2.75, 3.05) is 6.54 Å². The Bertz CT molecular complexity index is 611. The number of urea groups is 1. The van der Waals surface area contributed by atoms with Gasteiger partial charge in [-0.2, -0.15) is 0 Å². The molecule has 0 spiro atoms. The van der Waals surface area contributed by atoms with E-state index in [0.717, 1.165) is 12.0 Å². The summed E-state index contributed by atoms with van der Waals surface area (Å²) in [6.07, 6.45) is 2.29. The van der Waals surface area contributed by atoms with Crippen LogP contribution < -0.4 is 16.0 Å². The van der Waals surface area contributed by atoms with Crippen molar-refractivity contribution in [3.8, 4) is 0 Å². The van der Waals surface area contributed by atoms with Crippen LogP contribution in [0.25, 0.3) is 0 Å². The average molecular weight is 315 g/mol. The van der Waals surface area contributed by atoms with Crippen molar-refractivity contribution >= 4 is 11.9 Å². The van der Waals surface area contributed by atoms with E-state index in [1.807, 2.05) is 30.3 Å². The molecule has 3 N–H and O–H groups in total. The van der Waals surface area contributed by atoms with E-state index in [9.17, 15) is 9.59 Å². The van der Waals surface area contributed by atoms with Gasteiger partial charge in [0.05, 0.1) is 12.8 Å². The highest BCUT2D eigenvalue weighted by Gasteiger charge is 2.15. The number of carbonyl (C=O) groups is 2. The van der Waals surface area contributed by atoms with Crippen LogP contribution in [0.5, 0.6) is 0 Å². The lowest BCUT2D eigenvalue weighted by atomic mass is 10.1. The molecule has 0 aliphatic heterocycles. The summed E-state index contributed by atoms with van der Waals surface area (Å²) in [4.78, 5) is 23.6. The Morgan fingerprint density at radius 3 is 2.57 bits per heavy atom. The third-order valence-corrected chi connectivity index (χ3v) is 3.30. The van der Waals surface area contributed by atoms with E-state index in [2.05, 4.69) is 16.0 Å². The topological polar surface area (TPSA) is 83.4 Å². The molecule has 0 aliphatic carbocycles. The molecule has 23 heavy (non-hydrogen) atoms. The molecule has 1 aromatic heterocycles. The van der Waals surface area contributed by atoms with Crippen molar-refractivity contribution in [3.05, 3.63) is 60.1 Å². The van der Waals surface area contributed by atoms with Crippen molar-refractivity contribution in [1.29, 1.82) is 0 Å². The molecular weight excluding hydrogens is 294 g/mol. The van der Waals surface area contributed by atoms with Crippen LogP contribution in [-0.2, 0) is 17.8 Å². The molecule has 2 rings (SSSR count). The van der Waals surface area contributed by atoms with E-state index in [4.69, 9.17) is 4.42 Å². The first-order valence-corrected chi connectivity index (χ1v) is 7.53. The van der Waals surface area contributed by atoms with Gasteiger partial charge in [-0.15, -0.1) is 0 Å². The smallest absolute Gasteiger partial charge is 0.315 e. The molecule has 1 atom stereocenters. The third-order valence-electron chi connectivity index (χ3n) is 3.30. The minimum atomic E-state index is -0.623. The molecular formula is C17H21N3O3. The maximum Gasteiger partial charge on any atom is 0.315 e. The van der Waals surface area contributed by atoms with Crippen LogP contribution in [-0.4, -0.2) is 24.5 Å². The van der Waals surface area contributed by atoms with Gasteiger partial charge in [0.15, 0.2) is 0 Å². The highest BCUT2D eigenvalue weighted by molar-refractivity contribution is 5.86. The molecule has 1 aromatic carbocycles. The van der Waals surface area contributed by atoms with Gasteiger partial charge in [0, 0.05) is 6.54 Å². The summed E-state index contributed by atoms with van der Waals surface area (Å²) in [7, 11) is 0. The molecule has 6 heteroatoms. The molecule has 0 unspecified atom stereocenters. The van der Waals surface area contributed by atoms with Crippen molar-refractivity contribution in [1.82, 2.24) is 16.0 Å². The molecule has 122 valence electrons. The van der Waals surface area contributed by atoms with Crippen LogP contribution >= 0.6 is 0 Å². The van der Waals surface area contributed by atoms with Crippen molar-refractivity contribution < 1.29 is 14.0 Å². The maximum atomic E-state index is 11.9. The number of rotatable bonds is 7. The fraction of sp³-hybridized carbons (Fsp3) is 0.294. The molecule has 1 heterocycles. The van der Waals surface area contributed by atoms with Crippen LogP contribution in [0, 0.1) is 0 Å². The first-order chi connectivity index (χ1) is 11.1. The zero-order valence-corrected chi connectivity index (χ0v) is 13.0. The summed E-state index contributed by atoms with van der Waals surface area (Å²) < 4.78 is 5.13. The lowest BCUT2D eigenvalue weighted by Crippen LogP contribution is -2.48. The van der Waals surface area contributed by atoms with Gasteiger partial charge in [-0.1, -0.05) is 30.3 Å². The van der Waals surface area contributed by atoms with Gasteiger partial charge >= 0.3 is 6.03 Å². The number of amides is 3. The van der Waals surface area contributed by atoms with Crippen LogP contribution in [0.3, 0.4) is 0 Å². The van der Waals surface area contributed by atoms with Gasteiger partial charge in [0.1, 0.15) is 11.8 Å². The second kappa shape index (κ2) is 8.63. The summed E-state index contributed by atoms with van der Waals surface area (Å²) in [5.74, 6) is 0.400. The van der Waals surface area contributed by atoms with Crippen LogP contribution in [0.4, 0.5) is 4.79 Å². The Balaban J connectivity index is 1.64. The van der Waals surface area contributed by atoms with E-state index in [1.165, 1.54) is 0 Å². The lowest BCUT2D eigenvalue weighted by Gasteiger charge is -2.14. The molecule has 6 nitrogen and oxygen atoms in total. The number of hydrogen-bond acceptors (Lipinski definition) is 3. The summed E-state index contributed by atoms with van der Waals surface area (Å²) in [5, 5.41) is 8.04.